The van der Waals surface area contributed by atoms with Gasteiger partial charge in [-0.15, -0.1) is 0 Å². The minimum atomic E-state index is -0.366. The molecule has 1 N–H and O–H groups in total. The second-order valence-corrected chi connectivity index (χ2v) is 5.97. The van der Waals surface area contributed by atoms with Crippen LogP contribution in [0.3, 0.4) is 0 Å². The standard InChI is InChI=1S/C15H19FN4O/c1-9(2)7-12-15(21)18-14(19(12)3)11-8-20-6-4-5-10(16)13(20)17-11/h4-6,8-9,12,14H,7H2,1-3H3,(H,18,21)/t12-,14?/m0/s1. The SMILES string of the molecule is CC(C)C[C@H]1C(=O)NC(c2cn3cccc(F)c3n2)N1C. The molecule has 3 heterocycles. The van der Waals surface area contributed by atoms with Gasteiger partial charge in [-0.3, -0.25) is 9.69 Å². The fourth-order valence-electron chi connectivity index (χ4n) is 2.83. The van der Waals surface area contributed by atoms with Crippen LogP contribution in [0, 0.1) is 11.7 Å². The summed E-state index contributed by atoms with van der Waals surface area (Å²) in [5.41, 5.74) is 0.935. The predicted octanol–water partition coefficient (Wildman–Crippen LogP) is 1.95. The highest BCUT2D eigenvalue weighted by molar-refractivity contribution is 5.84. The van der Waals surface area contributed by atoms with Crippen LogP contribution in [0.25, 0.3) is 5.65 Å². The van der Waals surface area contributed by atoms with Crippen molar-refractivity contribution >= 4 is 11.6 Å². The minimum absolute atomic E-state index is 0.00808. The molecule has 1 saturated heterocycles. The van der Waals surface area contributed by atoms with Crippen molar-refractivity contribution in [3.05, 3.63) is 36.0 Å². The van der Waals surface area contributed by atoms with Gasteiger partial charge >= 0.3 is 0 Å². The van der Waals surface area contributed by atoms with E-state index in [0.717, 1.165) is 6.42 Å². The molecule has 0 aliphatic carbocycles. The highest BCUT2D eigenvalue weighted by Gasteiger charge is 2.39. The van der Waals surface area contributed by atoms with Gasteiger partial charge in [0.15, 0.2) is 11.5 Å². The van der Waals surface area contributed by atoms with Crippen molar-refractivity contribution in [2.24, 2.45) is 5.92 Å². The topological polar surface area (TPSA) is 49.6 Å². The zero-order valence-corrected chi connectivity index (χ0v) is 12.4. The molecule has 6 heteroatoms. The van der Waals surface area contributed by atoms with Gasteiger partial charge in [-0.25, -0.2) is 9.37 Å². The monoisotopic (exact) mass is 290 g/mol. The van der Waals surface area contributed by atoms with Crippen molar-refractivity contribution < 1.29 is 9.18 Å². The molecular weight excluding hydrogens is 271 g/mol. The van der Waals surface area contributed by atoms with Crippen LogP contribution in [0.2, 0.25) is 0 Å². The molecule has 3 rings (SSSR count). The Morgan fingerprint density at radius 2 is 2.24 bits per heavy atom. The molecule has 0 spiro atoms. The van der Waals surface area contributed by atoms with Crippen LogP contribution >= 0.6 is 0 Å². The Hall–Kier alpha value is -1.95. The van der Waals surface area contributed by atoms with E-state index >= 15 is 0 Å². The molecular formula is C15H19FN4O. The van der Waals surface area contributed by atoms with E-state index < -0.39 is 0 Å². The van der Waals surface area contributed by atoms with Crippen molar-refractivity contribution in [1.82, 2.24) is 19.6 Å². The predicted molar refractivity (Wildman–Crippen MR) is 77.0 cm³/mol. The summed E-state index contributed by atoms with van der Waals surface area (Å²) in [6.45, 7) is 4.18. The van der Waals surface area contributed by atoms with Crippen LogP contribution in [-0.2, 0) is 4.79 Å². The highest BCUT2D eigenvalue weighted by Crippen LogP contribution is 2.27. The van der Waals surface area contributed by atoms with E-state index in [1.54, 1.807) is 22.9 Å². The summed E-state index contributed by atoms with van der Waals surface area (Å²) in [6.07, 6.45) is 4.00. The summed E-state index contributed by atoms with van der Waals surface area (Å²) in [4.78, 5) is 18.4. The fraction of sp³-hybridized carbons (Fsp3) is 0.467. The van der Waals surface area contributed by atoms with Crippen LogP contribution in [0.4, 0.5) is 4.39 Å². The molecule has 0 aromatic carbocycles. The summed E-state index contributed by atoms with van der Waals surface area (Å²) in [5.74, 6) is 0.0728. The zero-order valence-electron chi connectivity index (χ0n) is 12.4. The molecule has 1 aliphatic rings. The second-order valence-electron chi connectivity index (χ2n) is 5.97. The smallest absolute Gasteiger partial charge is 0.238 e. The number of carbonyl (C=O) groups is 1. The van der Waals surface area contributed by atoms with Crippen molar-refractivity contribution in [2.45, 2.75) is 32.5 Å². The van der Waals surface area contributed by atoms with Gasteiger partial charge in [-0.1, -0.05) is 13.8 Å². The second kappa shape index (κ2) is 5.11. The molecule has 0 bridgehead atoms. The molecule has 1 fully saturated rings. The first-order valence-corrected chi connectivity index (χ1v) is 7.13. The van der Waals surface area contributed by atoms with Gasteiger partial charge in [0.25, 0.3) is 0 Å². The van der Waals surface area contributed by atoms with Gasteiger partial charge in [-0.2, -0.15) is 0 Å². The zero-order chi connectivity index (χ0) is 15.1. The Kier molecular flexibility index (Phi) is 3.41. The number of nitrogens with one attached hydrogen (secondary N) is 1. The van der Waals surface area contributed by atoms with Gasteiger partial charge in [-0.05, 0) is 31.5 Å². The maximum Gasteiger partial charge on any atom is 0.238 e. The van der Waals surface area contributed by atoms with Crippen LogP contribution < -0.4 is 5.32 Å². The number of hydrogen-bond acceptors (Lipinski definition) is 3. The summed E-state index contributed by atoms with van der Waals surface area (Å²) in [6, 6.07) is 2.85. The lowest BCUT2D eigenvalue weighted by Crippen LogP contribution is -2.32. The number of likely N-dealkylation sites (N-methyl/N-ethyl adjacent to an activating group) is 1. The first-order valence-electron chi connectivity index (χ1n) is 7.13. The Balaban J connectivity index is 1.92. The van der Waals surface area contributed by atoms with E-state index in [-0.39, 0.29) is 29.6 Å². The van der Waals surface area contributed by atoms with Crippen LogP contribution in [0.1, 0.15) is 32.1 Å². The Morgan fingerprint density at radius 1 is 1.48 bits per heavy atom. The Labute approximate surface area is 122 Å². The Morgan fingerprint density at radius 3 is 2.90 bits per heavy atom. The summed E-state index contributed by atoms with van der Waals surface area (Å²) < 4.78 is 15.4. The molecule has 1 aliphatic heterocycles. The van der Waals surface area contributed by atoms with Crippen LogP contribution in [0.5, 0.6) is 0 Å². The quantitative estimate of drug-likeness (QED) is 0.940. The van der Waals surface area contributed by atoms with Crippen molar-refractivity contribution in [1.29, 1.82) is 0 Å². The number of nitrogens with zero attached hydrogens (tertiary/aromatic N) is 3. The maximum atomic E-state index is 13.7. The number of fused-ring (bicyclic) bond motifs is 1. The number of aromatic nitrogens is 2. The highest BCUT2D eigenvalue weighted by atomic mass is 19.1. The number of hydrogen-bond donors (Lipinski definition) is 1. The molecule has 0 radical (unpaired) electrons. The van der Waals surface area contributed by atoms with E-state index in [4.69, 9.17) is 0 Å². The lowest BCUT2D eigenvalue weighted by molar-refractivity contribution is -0.121. The molecule has 1 amide bonds. The lowest BCUT2D eigenvalue weighted by atomic mass is 10.0. The van der Waals surface area contributed by atoms with Crippen molar-refractivity contribution in [3.63, 3.8) is 0 Å². The van der Waals surface area contributed by atoms with Crippen molar-refractivity contribution in [3.8, 4) is 0 Å². The normalized spacial score (nSPS) is 23.2. The summed E-state index contributed by atoms with van der Waals surface area (Å²) in [5, 5.41) is 2.94. The molecule has 0 saturated carbocycles. The van der Waals surface area contributed by atoms with E-state index in [0.29, 0.717) is 11.6 Å². The van der Waals surface area contributed by atoms with Crippen LogP contribution in [-0.4, -0.2) is 33.3 Å². The summed E-state index contributed by atoms with van der Waals surface area (Å²) in [7, 11) is 1.90. The fourth-order valence-corrected chi connectivity index (χ4v) is 2.83. The summed E-state index contributed by atoms with van der Waals surface area (Å²) >= 11 is 0. The molecule has 2 atom stereocenters. The van der Waals surface area contributed by atoms with Gasteiger partial charge < -0.3 is 9.72 Å². The molecule has 112 valence electrons. The van der Waals surface area contributed by atoms with E-state index in [1.165, 1.54) is 6.07 Å². The molecule has 1 unspecified atom stereocenters. The Bertz CT molecular complexity index is 681. The number of pyridine rings is 1. The number of rotatable bonds is 3. The average molecular weight is 290 g/mol. The third-order valence-corrected chi connectivity index (χ3v) is 3.91. The molecule has 2 aromatic heterocycles. The third kappa shape index (κ3) is 2.40. The number of amides is 1. The van der Waals surface area contributed by atoms with Gasteiger partial charge in [0.05, 0.1) is 11.7 Å². The number of imidazole rings is 1. The molecule has 2 aromatic rings. The molecule has 21 heavy (non-hydrogen) atoms. The largest absolute Gasteiger partial charge is 0.334 e. The maximum absolute atomic E-state index is 13.7. The van der Waals surface area contributed by atoms with Gasteiger partial charge in [0.1, 0.15) is 6.17 Å². The number of halogens is 1. The molecule has 5 nitrogen and oxygen atoms in total. The minimum Gasteiger partial charge on any atom is -0.334 e. The lowest BCUT2D eigenvalue weighted by Gasteiger charge is -2.22. The first-order chi connectivity index (χ1) is 9.97. The van der Waals surface area contributed by atoms with E-state index in [9.17, 15) is 9.18 Å². The third-order valence-electron chi connectivity index (χ3n) is 3.91. The van der Waals surface area contributed by atoms with Crippen molar-refractivity contribution in [2.75, 3.05) is 7.05 Å². The number of carbonyl (C=O) groups excluding carboxylic acids is 1. The first kappa shape index (κ1) is 14.0. The van der Waals surface area contributed by atoms with E-state index in [1.807, 2.05) is 11.9 Å². The van der Waals surface area contributed by atoms with E-state index in [2.05, 4.69) is 24.1 Å². The van der Waals surface area contributed by atoms with Crippen LogP contribution in [0.15, 0.2) is 24.5 Å². The van der Waals surface area contributed by atoms with Gasteiger partial charge in [0.2, 0.25) is 5.91 Å². The van der Waals surface area contributed by atoms with Gasteiger partial charge in [0, 0.05) is 12.4 Å². The average Bonchev–Trinajstić information content (AvgIpc) is 2.96.